The van der Waals surface area contributed by atoms with Gasteiger partial charge in [-0.05, 0) is 41.5 Å². The van der Waals surface area contributed by atoms with Gasteiger partial charge in [-0.1, -0.05) is 36.4 Å². The Hall–Kier alpha value is -2.56. The van der Waals surface area contributed by atoms with Crippen molar-refractivity contribution in [2.45, 2.75) is 31.1 Å². The molecule has 2 atom stereocenters. The fourth-order valence-corrected chi connectivity index (χ4v) is 4.00. The highest BCUT2D eigenvalue weighted by molar-refractivity contribution is 6.04. The van der Waals surface area contributed by atoms with E-state index in [9.17, 15) is 18.4 Å². The molecule has 140 valence electrons. The third kappa shape index (κ3) is 3.38. The standard InChI is InChI=1S/C22H21F2NO2/c1-25-12-17(15-5-2-4-14(10-15)13-8-9-13)20(22(25)27)19(26)11-16-6-3-7-18(23)21(16)24/h2-7,10,13,17,20H,8-9,11-12H2,1H3/t17-,20+/m1/s1. The molecule has 1 heterocycles. The first-order valence-corrected chi connectivity index (χ1v) is 9.26. The number of carbonyl (C=O) groups is 2. The normalized spacial score (nSPS) is 22.3. The van der Waals surface area contributed by atoms with Gasteiger partial charge in [-0.15, -0.1) is 0 Å². The second-order valence-electron chi connectivity index (χ2n) is 7.60. The minimum atomic E-state index is -1.02. The summed E-state index contributed by atoms with van der Waals surface area (Å²) >= 11 is 0. The second-order valence-corrected chi connectivity index (χ2v) is 7.60. The monoisotopic (exact) mass is 369 g/mol. The SMILES string of the molecule is CN1C[C@H](c2cccc(C3CC3)c2)[C@@H](C(=O)Cc2cccc(F)c2F)C1=O. The number of hydrogen-bond donors (Lipinski definition) is 0. The predicted molar refractivity (Wildman–Crippen MR) is 97.4 cm³/mol. The number of halogens is 2. The van der Waals surface area contributed by atoms with Crippen molar-refractivity contribution in [3.05, 3.63) is 70.8 Å². The number of hydrogen-bond acceptors (Lipinski definition) is 2. The van der Waals surface area contributed by atoms with Gasteiger partial charge in [0.1, 0.15) is 11.7 Å². The van der Waals surface area contributed by atoms with Crippen molar-refractivity contribution >= 4 is 11.7 Å². The van der Waals surface area contributed by atoms with Crippen molar-refractivity contribution < 1.29 is 18.4 Å². The smallest absolute Gasteiger partial charge is 0.233 e. The van der Waals surface area contributed by atoms with Crippen molar-refractivity contribution in [3.63, 3.8) is 0 Å². The van der Waals surface area contributed by atoms with Gasteiger partial charge in [0.15, 0.2) is 11.6 Å². The summed E-state index contributed by atoms with van der Waals surface area (Å²) in [4.78, 5) is 27.1. The van der Waals surface area contributed by atoms with Crippen LogP contribution in [-0.4, -0.2) is 30.2 Å². The topological polar surface area (TPSA) is 37.4 Å². The van der Waals surface area contributed by atoms with Gasteiger partial charge in [0.2, 0.25) is 5.91 Å². The third-order valence-electron chi connectivity index (χ3n) is 5.65. The number of rotatable bonds is 5. The van der Waals surface area contributed by atoms with E-state index in [0.717, 1.165) is 11.6 Å². The van der Waals surface area contributed by atoms with Gasteiger partial charge in [0, 0.05) is 25.9 Å². The maximum Gasteiger partial charge on any atom is 0.233 e. The van der Waals surface area contributed by atoms with Crippen LogP contribution >= 0.6 is 0 Å². The molecule has 1 aliphatic carbocycles. The van der Waals surface area contributed by atoms with E-state index in [0.29, 0.717) is 12.5 Å². The summed E-state index contributed by atoms with van der Waals surface area (Å²) in [6.07, 6.45) is 2.06. The van der Waals surface area contributed by atoms with E-state index in [1.165, 1.54) is 30.5 Å². The molecular formula is C22H21F2NO2. The summed E-state index contributed by atoms with van der Waals surface area (Å²) in [5.74, 6) is -3.15. The van der Waals surface area contributed by atoms with Crippen molar-refractivity contribution in [1.82, 2.24) is 4.90 Å². The molecule has 0 bridgehead atoms. The van der Waals surface area contributed by atoms with Crippen LogP contribution in [0, 0.1) is 17.6 Å². The van der Waals surface area contributed by atoms with Crippen LogP contribution in [0.25, 0.3) is 0 Å². The molecule has 2 aromatic rings. The van der Waals surface area contributed by atoms with Crippen LogP contribution in [0.5, 0.6) is 0 Å². The Morgan fingerprint density at radius 3 is 2.56 bits per heavy atom. The zero-order valence-electron chi connectivity index (χ0n) is 15.1. The molecule has 4 rings (SSSR count). The third-order valence-corrected chi connectivity index (χ3v) is 5.65. The quantitative estimate of drug-likeness (QED) is 0.752. The number of carbonyl (C=O) groups excluding carboxylic acids is 2. The van der Waals surface area contributed by atoms with Crippen LogP contribution in [0.4, 0.5) is 8.78 Å². The first-order chi connectivity index (χ1) is 13.0. The van der Waals surface area contributed by atoms with Gasteiger partial charge in [-0.25, -0.2) is 8.78 Å². The molecule has 1 amide bonds. The summed E-state index contributed by atoms with van der Waals surface area (Å²) in [5.41, 5.74) is 2.21. The average Bonchev–Trinajstić information content (AvgIpc) is 3.46. The van der Waals surface area contributed by atoms with Crippen LogP contribution in [0.1, 0.15) is 41.4 Å². The first kappa shape index (κ1) is 17.8. The van der Waals surface area contributed by atoms with Crippen LogP contribution in [0.15, 0.2) is 42.5 Å². The fourth-order valence-electron chi connectivity index (χ4n) is 4.00. The highest BCUT2D eigenvalue weighted by Gasteiger charge is 2.44. The van der Waals surface area contributed by atoms with Crippen LogP contribution in [-0.2, 0) is 16.0 Å². The van der Waals surface area contributed by atoms with E-state index in [4.69, 9.17) is 0 Å². The first-order valence-electron chi connectivity index (χ1n) is 9.26. The number of amides is 1. The Morgan fingerprint density at radius 2 is 1.81 bits per heavy atom. The largest absolute Gasteiger partial charge is 0.344 e. The Kier molecular flexibility index (Phi) is 4.54. The molecule has 2 aromatic carbocycles. The zero-order chi connectivity index (χ0) is 19.1. The number of nitrogens with zero attached hydrogens (tertiary/aromatic N) is 1. The van der Waals surface area contributed by atoms with Crippen molar-refractivity contribution in [2.75, 3.05) is 13.6 Å². The van der Waals surface area contributed by atoms with Crippen LogP contribution < -0.4 is 0 Å². The Bertz CT molecular complexity index is 907. The molecule has 1 saturated heterocycles. The summed E-state index contributed by atoms with van der Waals surface area (Å²) in [6.45, 7) is 0.453. The lowest BCUT2D eigenvalue weighted by Gasteiger charge is -2.17. The van der Waals surface area contributed by atoms with Gasteiger partial charge in [0.25, 0.3) is 0 Å². The highest BCUT2D eigenvalue weighted by atomic mass is 19.2. The van der Waals surface area contributed by atoms with Crippen LogP contribution in [0.2, 0.25) is 0 Å². The van der Waals surface area contributed by atoms with Crippen LogP contribution in [0.3, 0.4) is 0 Å². The minimum Gasteiger partial charge on any atom is -0.344 e. The number of ketones is 1. The summed E-state index contributed by atoms with van der Waals surface area (Å²) in [5, 5.41) is 0. The molecule has 3 nitrogen and oxygen atoms in total. The van der Waals surface area contributed by atoms with E-state index >= 15 is 0 Å². The molecule has 0 radical (unpaired) electrons. The van der Waals surface area contributed by atoms with Crippen molar-refractivity contribution in [1.29, 1.82) is 0 Å². The number of Topliss-reactive ketones (excluding diaryl/α,β-unsaturated/α-hetero) is 1. The average molecular weight is 369 g/mol. The second kappa shape index (κ2) is 6.87. The number of benzene rings is 2. The fraction of sp³-hybridized carbons (Fsp3) is 0.364. The minimum absolute atomic E-state index is 0.00664. The van der Waals surface area contributed by atoms with E-state index in [2.05, 4.69) is 12.1 Å². The molecule has 1 saturated carbocycles. The number of likely N-dealkylation sites (N-methyl/N-ethyl adjacent to an activating group) is 1. The van der Waals surface area contributed by atoms with E-state index in [1.54, 1.807) is 11.9 Å². The lowest BCUT2D eigenvalue weighted by Crippen LogP contribution is -2.29. The molecule has 0 aromatic heterocycles. The molecule has 27 heavy (non-hydrogen) atoms. The summed E-state index contributed by atoms with van der Waals surface area (Å²) in [6, 6.07) is 11.9. The lowest BCUT2D eigenvalue weighted by atomic mass is 9.83. The van der Waals surface area contributed by atoms with E-state index < -0.39 is 17.6 Å². The van der Waals surface area contributed by atoms with Gasteiger partial charge in [-0.2, -0.15) is 0 Å². The summed E-state index contributed by atoms with van der Waals surface area (Å²) < 4.78 is 27.4. The molecular weight excluding hydrogens is 348 g/mol. The highest BCUT2D eigenvalue weighted by Crippen LogP contribution is 2.42. The lowest BCUT2D eigenvalue weighted by molar-refractivity contribution is -0.136. The maximum atomic E-state index is 14.0. The van der Waals surface area contributed by atoms with Crippen molar-refractivity contribution in [3.8, 4) is 0 Å². The molecule has 0 N–H and O–H groups in total. The Labute approximate surface area is 157 Å². The molecule has 2 aliphatic rings. The molecule has 0 unspecified atom stereocenters. The predicted octanol–water partition coefficient (Wildman–Crippen LogP) is 3.83. The Balaban J connectivity index is 1.62. The molecule has 0 spiro atoms. The zero-order valence-corrected chi connectivity index (χ0v) is 15.1. The molecule has 1 aliphatic heterocycles. The van der Waals surface area contributed by atoms with E-state index in [-0.39, 0.29) is 29.6 Å². The Morgan fingerprint density at radius 1 is 1.11 bits per heavy atom. The van der Waals surface area contributed by atoms with Gasteiger partial charge in [0.05, 0.1) is 0 Å². The van der Waals surface area contributed by atoms with Crippen molar-refractivity contribution in [2.24, 2.45) is 5.92 Å². The van der Waals surface area contributed by atoms with Gasteiger partial charge >= 0.3 is 0 Å². The van der Waals surface area contributed by atoms with Gasteiger partial charge in [-0.3, -0.25) is 9.59 Å². The number of likely N-dealkylation sites (tertiary alicyclic amines) is 1. The molecule has 5 heteroatoms. The maximum absolute atomic E-state index is 14.0. The summed E-state index contributed by atoms with van der Waals surface area (Å²) in [7, 11) is 1.68. The van der Waals surface area contributed by atoms with Gasteiger partial charge < -0.3 is 4.90 Å². The molecule has 2 fully saturated rings. The van der Waals surface area contributed by atoms with E-state index in [1.807, 2.05) is 12.1 Å².